The zero-order valence-electron chi connectivity index (χ0n) is 13.2. The van der Waals surface area contributed by atoms with Gasteiger partial charge in [0.05, 0.1) is 0 Å². The summed E-state index contributed by atoms with van der Waals surface area (Å²) in [7, 11) is 0. The molecule has 1 fully saturated rings. The maximum Gasteiger partial charge on any atom is 0.220 e. The van der Waals surface area contributed by atoms with Gasteiger partial charge in [0.25, 0.3) is 0 Å². The van der Waals surface area contributed by atoms with Gasteiger partial charge in [0.15, 0.2) is 0 Å². The summed E-state index contributed by atoms with van der Waals surface area (Å²) >= 11 is 5.97. The molecule has 0 aromatic heterocycles. The van der Waals surface area contributed by atoms with E-state index in [4.69, 9.17) is 17.3 Å². The number of benzene rings is 1. The molecular weight excluding hydrogens is 296 g/mol. The molecule has 1 saturated carbocycles. The Labute approximate surface area is 138 Å². The van der Waals surface area contributed by atoms with Gasteiger partial charge in [0.1, 0.15) is 0 Å². The molecule has 3 nitrogen and oxygen atoms in total. The number of halogens is 1. The van der Waals surface area contributed by atoms with Crippen LogP contribution in [0.3, 0.4) is 0 Å². The highest BCUT2D eigenvalue weighted by Crippen LogP contribution is 2.43. The third-order valence-electron chi connectivity index (χ3n) is 4.75. The van der Waals surface area contributed by atoms with E-state index in [1.807, 2.05) is 12.1 Å². The summed E-state index contributed by atoms with van der Waals surface area (Å²) in [6.45, 7) is 1.49. The molecule has 0 saturated heterocycles. The number of hydrogen-bond donors (Lipinski definition) is 2. The average molecular weight is 323 g/mol. The van der Waals surface area contributed by atoms with Gasteiger partial charge in [-0.1, -0.05) is 43.0 Å². The Morgan fingerprint density at radius 1 is 1.14 bits per heavy atom. The van der Waals surface area contributed by atoms with E-state index in [2.05, 4.69) is 17.4 Å². The van der Waals surface area contributed by atoms with Gasteiger partial charge in [0.2, 0.25) is 5.91 Å². The Balaban J connectivity index is 1.76. The second-order valence-electron chi connectivity index (χ2n) is 6.37. The number of rotatable bonds is 9. The second-order valence-corrected chi connectivity index (χ2v) is 6.81. The number of nitrogens with one attached hydrogen (secondary N) is 1. The highest BCUT2D eigenvalue weighted by atomic mass is 35.5. The van der Waals surface area contributed by atoms with Crippen LogP contribution < -0.4 is 11.1 Å². The quantitative estimate of drug-likeness (QED) is 0.680. The van der Waals surface area contributed by atoms with Crippen molar-refractivity contribution in [2.75, 3.05) is 13.1 Å². The molecule has 22 heavy (non-hydrogen) atoms. The monoisotopic (exact) mass is 322 g/mol. The third-order valence-corrected chi connectivity index (χ3v) is 5.00. The summed E-state index contributed by atoms with van der Waals surface area (Å²) < 4.78 is 0. The van der Waals surface area contributed by atoms with Crippen molar-refractivity contribution < 1.29 is 4.79 Å². The van der Waals surface area contributed by atoms with Gasteiger partial charge in [-0.2, -0.15) is 0 Å². The minimum absolute atomic E-state index is 0.125. The number of hydrogen-bond acceptors (Lipinski definition) is 2. The highest BCUT2D eigenvalue weighted by molar-refractivity contribution is 6.30. The molecule has 122 valence electrons. The number of nitrogens with two attached hydrogens (primary N) is 1. The number of amides is 1. The summed E-state index contributed by atoms with van der Waals surface area (Å²) in [5, 5.41) is 3.90. The molecule has 4 heteroatoms. The molecule has 1 aliphatic carbocycles. The summed E-state index contributed by atoms with van der Waals surface area (Å²) in [6, 6.07) is 8.08. The first-order chi connectivity index (χ1) is 10.7. The average Bonchev–Trinajstić information content (AvgIpc) is 2.47. The minimum Gasteiger partial charge on any atom is -0.355 e. The molecular formula is C18H27ClN2O. The normalized spacial score (nSPS) is 16.1. The smallest absolute Gasteiger partial charge is 0.220 e. The minimum atomic E-state index is 0.125. The van der Waals surface area contributed by atoms with E-state index in [0.29, 0.717) is 6.42 Å². The lowest BCUT2D eigenvalue weighted by atomic mass is 9.64. The number of carbonyl (C=O) groups is 1. The lowest BCUT2D eigenvalue weighted by molar-refractivity contribution is -0.121. The van der Waals surface area contributed by atoms with E-state index >= 15 is 0 Å². The van der Waals surface area contributed by atoms with Gasteiger partial charge in [-0.15, -0.1) is 0 Å². The zero-order chi connectivity index (χ0) is 15.8. The van der Waals surface area contributed by atoms with E-state index in [1.165, 1.54) is 12.0 Å². The van der Waals surface area contributed by atoms with Crippen LogP contribution in [0, 0.1) is 0 Å². The van der Waals surface area contributed by atoms with Crippen molar-refractivity contribution in [3.63, 3.8) is 0 Å². The van der Waals surface area contributed by atoms with Crippen LogP contribution in [0.2, 0.25) is 5.02 Å². The van der Waals surface area contributed by atoms with Gasteiger partial charge < -0.3 is 11.1 Å². The van der Waals surface area contributed by atoms with Gasteiger partial charge in [-0.05, 0) is 49.9 Å². The molecule has 0 aliphatic heterocycles. The standard InChI is InChI=1S/C18H27ClN2O/c19-16-9-7-15(8-10-16)18(11-5-12-18)14-21-17(22)6-3-1-2-4-13-20/h7-10H,1-6,11-14,20H2,(H,21,22). The van der Waals surface area contributed by atoms with E-state index < -0.39 is 0 Å². The molecule has 0 spiro atoms. The van der Waals surface area contributed by atoms with Gasteiger partial charge in [-0.3, -0.25) is 4.79 Å². The predicted molar refractivity (Wildman–Crippen MR) is 92.1 cm³/mol. The molecule has 1 amide bonds. The molecule has 0 unspecified atom stereocenters. The lowest BCUT2D eigenvalue weighted by Crippen LogP contribution is -2.45. The zero-order valence-corrected chi connectivity index (χ0v) is 14.0. The Morgan fingerprint density at radius 3 is 2.41 bits per heavy atom. The maximum atomic E-state index is 12.0. The topological polar surface area (TPSA) is 55.1 Å². The van der Waals surface area contributed by atoms with Crippen LogP contribution in [-0.4, -0.2) is 19.0 Å². The summed E-state index contributed by atoms with van der Waals surface area (Å²) in [6.07, 6.45) is 8.38. The summed E-state index contributed by atoms with van der Waals surface area (Å²) in [5.41, 5.74) is 6.89. The molecule has 1 aliphatic rings. The van der Waals surface area contributed by atoms with E-state index in [0.717, 1.165) is 56.6 Å². The van der Waals surface area contributed by atoms with Crippen LogP contribution in [0.4, 0.5) is 0 Å². The molecule has 0 atom stereocenters. The van der Waals surface area contributed by atoms with Crippen molar-refractivity contribution in [1.29, 1.82) is 0 Å². The van der Waals surface area contributed by atoms with Crippen molar-refractivity contribution in [3.8, 4) is 0 Å². The fraction of sp³-hybridized carbons (Fsp3) is 0.611. The van der Waals surface area contributed by atoms with Crippen molar-refractivity contribution in [2.24, 2.45) is 5.73 Å². The molecule has 0 heterocycles. The summed E-state index contributed by atoms with van der Waals surface area (Å²) in [5.74, 6) is 0.174. The van der Waals surface area contributed by atoms with E-state index in [-0.39, 0.29) is 11.3 Å². The molecule has 1 aromatic rings. The highest BCUT2D eigenvalue weighted by Gasteiger charge is 2.38. The van der Waals surface area contributed by atoms with Gasteiger partial charge >= 0.3 is 0 Å². The third kappa shape index (κ3) is 4.72. The Hall–Kier alpha value is -1.06. The van der Waals surface area contributed by atoms with E-state index in [9.17, 15) is 4.79 Å². The molecule has 0 bridgehead atoms. The van der Waals surface area contributed by atoms with Crippen LogP contribution in [-0.2, 0) is 10.2 Å². The Bertz CT molecular complexity index is 468. The van der Waals surface area contributed by atoms with Crippen LogP contribution in [0.25, 0.3) is 0 Å². The SMILES string of the molecule is NCCCCCCC(=O)NCC1(c2ccc(Cl)cc2)CCC1. The maximum absolute atomic E-state index is 12.0. The largest absolute Gasteiger partial charge is 0.355 e. The van der Waals surface area contributed by atoms with Gasteiger partial charge in [-0.25, -0.2) is 0 Å². The lowest BCUT2D eigenvalue weighted by Gasteiger charge is -2.42. The number of carbonyl (C=O) groups excluding carboxylic acids is 1. The van der Waals surface area contributed by atoms with E-state index in [1.54, 1.807) is 0 Å². The fourth-order valence-electron chi connectivity index (χ4n) is 3.11. The van der Waals surface area contributed by atoms with Crippen molar-refractivity contribution >= 4 is 17.5 Å². The van der Waals surface area contributed by atoms with Gasteiger partial charge in [0, 0.05) is 23.4 Å². The first-order valence-corrected chi connectivity index (χ1v) is 8.77. The fourth-order valence-corrected chi connectivity index (χ4v) is 3.24. The first-order valence-electron chi connectivity index (χ1n) is 8.39. The predicted octanol–water partition coefficient (Wildman–Crippen LogP) is 3.79. The van der Waals surface area contributed by atoms with Crippen LogP contribution in [0.5, 0.6) is 0 Å². The van der Waals surface area contributed by atoms with Crippen LogP contribution in [0.15, 0.2) is 24.3 Å². The van der Waals surface area contributed by atoms with Crippen molar-refractivity contribution in [3.05, 3.63) is 34.9 Å². The second kappa shape index (κ2) is 8.54. The van der Waals surface area contributed by atoms with Crippen molar-refractivity contribution in [2.45, 2.75) is 56.8 Å². The summed E-state index contributed by atoms with van der Waals surface area (Å²) in [4.78, 5) is 12.0. The molecule has 2 rings (SSSR count). The Kier molecular flexibility index (Phi) is 6.71. The Morgan fingerprint density at radius 2 is 1.82 bits per heavy atom. The first kappa shape index (κ1) is 17.3. The van der Waals surface area contributed by atoms with Crippen LogP contribution >= 0.6 is 11.6 Å². The van der Waals surface area contributed by atoms with Crippen molar-refractivity contribution in [1.82, 2.24) is 5.32 Å². The van der Waals surface area contributed by atoms with Crippen LogP contribution in [0.1, 0.15) is 56.9 Å². The molecule has 1 aromatic carbocycles. The molecule has 0 radical (unpaired) electrons. The number of unbranched alkanes of at least 4 members (excludes halogenated alkanes) is 3. The molecule has 3 N–H and O–H groups in total.